The third-order valence-electron chi connectivity index (χ3n) is 3.80. The summed E-state index contributed by atoms with van der Waals surface area (Å²) in [6.45, 7) is 6.38. The maximum absolute atomic E-state index is 12.3. The van der Waals surface area contributed by atoms with E-state index in [-0.39, 0.29) is 11.0 Å². The van der Waals surface area contributed by atoms with E-state index in [0.717, 1.165) is 18.5 Å². The summed E-state index contributed by atoms with van der Waals surface area (Å²) in [7, 11) is 0. The van der Waals surface area contributed by atoms with Crippen molar-refractivity contribution in [3.63, 3.8) is 0 Å². The zero-order valence-corrected chi connectivity index (χ0v) is 13.1. The van der Waals surface area contributed by atoms with Crippen LogP contribution in [0.5, 0.6) is 0 Å². The molecule has 0 aliphatic heterocycles. The number of hydrogen-bond donors (Lipinski definition) is 1. The summed E-state index contributed by atoms with van der Waals surface area (Å²) in [5.74, 6) is 0. The monoisotopic (exact) mass is 314 g/mol. The van der Waals surface area contributed by atoms with Gasteiger partial charge in [0.25, 0.3) is 5.56 Å². The van der Waals surface area contributed by atoms with E-state index in [1.54, 1.807) is 0 Å². The molecule has 102 valence electrons. The van der Waals surface area contributed by atoms with Gasteiger partial charge in [0.15, 0.2) is 0 Å². The zero-order valence-electron chi connectivity index (χ0n) is 11.6. The predicted octanol–water partition coefficient (Wildman–Crippen LogP) is 4.13. The Bertz CT molecular complexity index is 459. The van der Waals surface area contributed by atoms with Gasteiger partial charge in [-0.2, -0.15) is 0 Å². The molecule has 0 atom stereocenters. The van der Waals surface area contributed by atoms with Crippen LogP contribution in [0.1, 0.15) is 71.0 Å². The Morgan fingerprint density at radius 1 is 1.17 bits per heavy atom. The summed E-state index contributed by atoms with van der Waals surface area (Å²) in [5.41, 5.74) is 1.08. The van der Waals surface area contributed by atoms with Crippen molar-refractivity contribution in [2.24, 2.45) is 0 Å². The fourth-order valence-corrected chi connectivity index (χ4v) is 3.58. The van der Waals surface area contributed by atoms with E-state index in [1.165, 1.54) is 25.7 Å². The van der Waals surface area contributed by atoms with Crippen molar-refractivity contribution in [3.05, 3.63) is 20.5 Å². The van der Waals surface area contributed by atoms with E-state index in [4.69, 9.17) is 0 Å². The molecule has 3 nitrogen and oxygen atoms in total. The first-order valence-corrected chi connectivity index (χ1v) is 7.71. The number of H-pyrrole nitrogens is 1. The lowest BCUT2D eigenvalue weighted by molar-refractivity contribution is 0.388. The highest BCUT2D eigenvalue weighted by Gasteiger charge is 2.26. The minimum Gasteiger partial charge on any atom is -0.298 e. The smallest absolute Gasteiger partial charge is 0.281 e. The fourth-order valence-electron chi connectivity index (χ4n) is 2.70. The summed E-state index contributed by atoms with van der Waals surface area (Å²) >= 11 is 3.46. The second-order valence-electron chi connectivity index (χ2n) is 6.37. The number of aromatic nitrogens is 2. The Hall–Kier alpha value is -0.510. The lowest BCUT2D eigenvalue weighted by Gasteiger charge is -2.18. The van der Waals surface area contributed by atoms with Gasteiger partial charge >= 0.3 is 0 Å². The van der Waals surface area contributed by atoms with Gasteiger partial charge in [-0.1, -0.05) is 46.5 Å². The van der Waals surface area contributed by atoms with Crippen molar-refractivity contribution in [3.8, 4) is 0 Å². The molecule has 1 aliphatic rings. The van der Waals surface area contributed by atoms with E-state index in [2.05, 4.69) is 41.8 Å². The highest BCUT2D eigenvalue weighted by molar-refractivity contribution is 9.10. The van der Waals surface area contributed by atoms with Crippen LogP contribution in [0.2, 0.25) is 0 Å². The van der Waals surface area contributed by atoms with E-state index in [9.17, 15) is 4.79 Å². The highest BCUT2D eigenvalue weighted by Crippen LogP contribution is 2.30. The minimum absolute atomic E-state index is 0.0338. The standard InChI is InChI=1S/C14H23BrN2O/c1-14(2,3)12-11(15)13(18)17(16-12)10-8-6-4-5-7-9-10/h10,16H,4-9H2,1-3H3. The maximum atomic E-state index is 12.3. The van der Waals surface area contributed by atoms with Gasteiger partial charge in [-0.25, -0.2) is 4.68 Å². The molecule has 0 unspecified atom stereocenters. The molecule has 2 rings (SSSR count). The second kappa shape index (κ2) is 5.24. The summed E-state index contributed by atoms with van der Waals surface area (Å²) in [6.07, 6.45) is 7.32. The van der Waals surface area contributed by atoms with Crippen LogP contribution in [-0.2, 0) is 5.41 Å². The van der Waals surface area contributed by atoms with Crippen LogP contribution in [0.3, 0.4) is 0 Å². The van der Waals surface area contributed by atoms with Gasteiger partial charge in [0, 0.05) is 5.41 Å². The first-order valence-electron chi connectivity index (χ1n) is 6.92. The van der Waals surface area contributed by atoms with Gasteiger partial charge in [-0.05, 0) is 28.8 Å². The first kappa shape index (κ1) is 13.9. The van der Waals surface area contributed by atoms with Gasteiger partial charge in [-0.3, -0.25) is 9.89 Å². The molecular weight excluding hydrogens is 292 g/mol. The molecule has 1 heterocycles. The Morgan fingerprint density at radius 3 is 2.17 bits per heavy atom. The van der Waals surface area contributed by atoms with Crippen LogP contribution in [0, 0.1) is 0 Å². The van der Waals surface area contributed by atoms with Gasteiger partial charge in [0.2, 0.25) is 0 Å². The average molecular weight is 315 g/mol. The van der Waals surface area contributed by atoms with Crippen molar-refractivity contribution < 1.29 is 0 Å². The molecule has 1 N–H and O–H groups in total. The molecule has 0 amide bonds. The van der Waals surface area contributed by atoms with Crippen molar-refractivity contribution >= 4 is 15.9 Å². The number of halogens is 1. The number of aromatic amines is 1. The van der Waals surface area contributed by atoms with Crippen molar-refractivity contribution in [2.45, 2.75) is 70.8 Å². The topological polar surface area (TPSA) is 37.8 Å². The van der Waals surface area contributed by atoms with E-state index >= 15 is 0 Å². The highest BCUT2D eigenvalue weighted by atomic mass is 79.9. The largest absolute Gasteiger partial charge is 0.298 e. The molecule has 0 aromatic carbocycles. The Balaban J connectivity index is 2.36. The van der Waals surface area contributed by atoms with Crippen molar-refractivity contribution in [1.29, 1.82) is 0 Å². The zero-order chi connectivity index (χ0) is 13.3. The molecule has 0 radical (unpaired) electrons. The Kier molecular flexibility index (Phi) is 4.05. The van der Waals surface area contributed by atoms with E-state index in [1.807, 2.05) is 4.68 Å². The maximum Gasteiger partial charge on any atom is 0.281 e. The van der Waals surface area contributed by atoms with Crippen LogP contribution >= 0.6 is 15.9 Å². The predicted molar refractivity (Wildman–Crippen MR) is 78.2 cm³/mol. The van der Waals surface area contributed by atoms with Gasteiger partial charge in [-0.15, -0.1) is 0 Å². The summed E-state index contributed by atoms with van der Waals surface area (Å²) in [4.78, 5) is 12.3. The molecule has 18 heavy (non-hydrogen) atoms. The van der Waals surface area contributed by atoms with Crippen LogP contribution in [0.15, 0.2) is 9.27 Å². The fraction of sp³-hybridized carbons (Fsp3) is 0.786. The molecule has 0 saturated heterocycles. The van der Waals surface area contributed by atoms with Gasteiger partial charge in [0.1, 0.15) is 4.47 Å². The molecule has 1 aliphatic carbocycles. The molecule has 1 saturated carbocycles. The van der Waals surface area contributed by atoms with E-state index in [0.29, 0.717) is 10.5 Å². The molecule has 4 heteroatoms. The summed E-state index contributed by atoms with van der Waals surface area (Å²) in [5, 5.41) is 3.34. The molecule has 1 aromatic heterocycles. The molecule has 1 fully saturated rings. The SMILES string of the molecule is CC(C)(C)c1[nH]n(C2CCCCCC2)c(=O)c1Br. The third kappa shape index (κ3) is 2.73. The Labute approximate surface area is 117 Å². The number of rotatable bonds is 1. The first-order chi connectivity index (χ1) is 8.41. The molecule has 0 spiro atoms. The number of nitrogens with one attached hydrogen (secondary N) is 1. The molecule has 1 aromatic rings. The summed E-state index contributed by atoms with van der Waals surface area (Å²) in [6, 6.07) is 0.354. The van der Waals surface area contributed by atoms with Crippen molar-refractivity contribution in [1.82, 2.24) is 9.78 Å². The number of hydrogen-bond acceptors (Lipinski definition) is 1. The van der Waals surface area contributed by atoms with Crippen LogP contribution < -0.4 is 5.56 Å². The van der Waals surface area contributed by atoms with Gasteiger partial charge in [0.05, 0.1) is 11.7 Å². The average Bonchev–Trinajstić information content (AvgIpc) is 2.52. The van der Waals surface area contributed by atoms with Crippen LogP contribution in [-0.4, -0.2) is 9.78 Å². The minimum atomic E-state index is -0.0338. The number of nitrogens with zero attached hydrogens (tertiary/aromatic N) is 1. The van der Waals surface area contributed by atoms with Crippen LogP contribution in [0.4, 0.5) is 0 Å². The van der Waals surface area contributed by atoms with E-state index < -0.39 is 0 Å². The second-order valence-corrected chi connectivity index (χ2v) is 7.16. The quantitative estimate of drug-likeness (QED) is 0.777. The van der Waals surface area contributed by atoms with Crippen molar-refractivity contribution in [2.75, 3.05) is 0 Å². The lowest BCUT2D eigenvalue weighted by atomic mass is 9.93. The molecular formula is C14H23BrN2O. The Morgan fingerprint density at radius 2 is 1.72 bits per heavy atom. The van der Waals surface area contributed by atoms with Crippen LogP contribution in [0.25, 0.3) is 0 Å². The lowest BCUT2D eigenvalue weighted by Crippen LogP contribution is -2.22. The third-order valence-corrected chi connectivity index (χ3v) is 4.53. The normalized spacial score (nSPS) is 18.9. The summed E-state index contributed by atoms with van der Waals surface area (Å²) < 4.78 is 2.56. The van der Waals surface area contributed by atoms with Gasteiger partial charge < -0.3 is 0 Å². The molecule has 0 bridgehead atoms.